The molecule has 1 unspecified atom stereocenters. The van der Waals surface area contributed by atoms with E-state index in [9.17, 15) is 9.50 Å². The molecule has 0 heterocycles. The Balaban J connectivity index is 2.41. The molecule has 1 rings (SSSR count). The maximum atomic E-state index is 13.0. The molecule has 0 amide bonds. The van der Waals surface area contributed by atoms with Crippen LogP contribution >= 0.6 is 0 Å². The fourth-order valence-electron chi connectivity index (χ4n) is 1.80. The predicted molar refractivity (Wildman–Crippen MR) is 72.8 cm³/mol. The van der Waals surface area contributed by atoms with E-state index >= 15 is 0 Å². The van der Waals surface area contributed by atoms with Crippen molar-refractivity contribution in [3.63, 3.8) is 0 Å². The standard InChI is InChI=1S/C15H24FNO/c1-15(2,3)14(18)8-9-17(4)11-12-6-5-7-13(16)10-12/h5-7,10,14,18H,8-9,11H2,1-4H3. The second-order valence-corrected chi connectivity index (χ2v) is 6.04. The van der Waals surface area contributed by atoms with Crippen LogP contribution in [0.2, 0.25) is 0 Å². The highest BCUT2D eigenvalue weighted by molar-refractivity contribution is 5.15. The number of hydrogen-bond acceptors (Lipinski definition) is 2. The van der Waals surface area contributed by atoms with E-state index in [1.165, 1.54) is 6.07 Å². The van der Waals surface area contributed by atoms with Crippen molar-refractivity contribution >= 4 is 0 Å². The molecule has 1 N–H and O–H groups in total. The summed E-state index contributed by atoms with van der Waals surface area (Å²) < 4.78 is 13.0. The number of benzene rings is 1. The molecule has 0 aliphatic heterocycles. The summed E-state index contributed by atoms with van der Waals surface area (Å²) in [5.74, 6) is -0.198. The van der Waals surface area contributed by atoms with Gasteiger partial charge in [0.25, 0.3) is 0 Å². The smallest absolute Gasteiger partial charge is 0.123 e. The molecule has 102 valence electrons. The highest BCUT2D eigenvalue weighted by Gasteiger charge is 2.21. The lowest BCUT2D eigenvalue weighted by Gasteiger charge is -2.27. The Morgan fingerprint density at radius 2 is 2.00 bits per heavy atom. The van der Waals surface area contributed by atoms with Crippen molar-refractivity contribution in [3.05, 3.63) is 35.6 Å². The Bertz CT molecular complexity index is 373. The minimum absolute atomic E-state index is 0.0836. The summed E-state index contributed by atoms with van der Waals surface area (Å²) in [4.78, 5) is 2.10. The fraction of sp³-hybridized carbons (Fsp3) is 0.600. The van der Waals surface area contributed by atoms with E-state index in [1.807, 2.05) is 33.9 Å². The molecule has 1 atom stereocenters. The Morgan fingerprint density at radius 3 is 2.56 bits per heavy atom. The minimum Gasteiger partial charge on any atom is -0.393 e. The predicted octanol–water partition coefficient (Wildman–Crippen LogP) is 3.05. The number of rotatable bonds is 5. The highest BCUT2D eigenvalue weighted by atomic mass is 19.1. The van der Waals surface area contributed by atoms with E-state index in [0.29, 0.717) is 6.54 Å². The van der Waals surface area contributed by atoms with Crippen LogP contribution in [0, 0.1) is 11.2 Å². The van der Waals surface area contributed by atoms with Crippen molar-refractivity contribution < 1.29 is 9.50 Å². The first kappa shape index (κ1) is 15.1. The lowest BCUT2D eigenvalue weighted by molar-refractivity contribution is 0.0473. The maximum absolute atomic E-state index is 13.0. The molecule has 0 radical (unpaired) electrons. The zero-order valence-electron chi connectivity index (χ0n) is 11.8. The molecule has 18 heavy (non-hydrogen) atoms. The molecule has 0 saturated carbocycles. The zero-order chi connectivity index (χ0) is 13.8. The lowest BCUT2D eigenvalue weighted by Crippen LogP contribution is -2.30. The summed E-state index contributed by atoms with van der Waals surface area (Å²) in [5.41, 5.74) is 0.877. The Labute approximate surface area is 109 Å². The Morgan fingerprint density at radius 1 is 1.33 bits per heavy atom. The summed E-state index contributed by atoms with van der Waals surface area (Å²) in [6.07, 6.45) is 0.419. The van der Waals surface area contributed by atoms with Crippen LogP contribution in [0.15, 0.2) is 24.3 Å². The molecule has 1 aromatic rings. The summed E-state index contributed by atoms with van der Waals surface area (Å²) in [6, 6.07) is 6.64. The van der Waals surface area contributed by atoms with E-state index in [1.54, 1.807) is 12.1 Å². The van der Waals surface area contributed by atoms with Gasteiger partial charge in [-0.25, -0.2) is 4.39 Å². The van der Waals surface area contributed by atoms with Gasteiger partial charge < -0.3 is 10.0 Å². The van der Waals surface area contributed by atoms with Crippen LogP contribution < -0.4 is 0 Å². The van der Waals surface area contributed by atoms with Gasteiger partial charge in [0.15, 0.2) is 0 Å². The number of halogens is 1. The van der Waals surface area contributed by atoms with Gasteiger partial charge in [-0.2, -0.15) is 0 Å². The molecular weight excluding hydrogens is 229 g/mol. The second kappa shape index (κ2) is 6.30. The van der Waals surface area contributed by atoms with E-state index < -0.39 is 0 Å². The average molecular weight is 253 g/mol. The van der Waals surface area contributed by atoms with Crippen molar-refractivity contribution in [2.75, 3.05) is 13.6 Å². The van der Waals surface area contributed by atoms with Gasteiger partial charge in [0, 0.05) is 13.1 Å². The van der Waals surface area contributed by atoms with Crippen LogP contribution in [0.4, 0.5) is 4.39 Å². The SMILES string of the molecule is CN(CCC(O)C(C)(C)C)Cc1cccc(F)c1. The van der Waals surface area contributed by atoms with Crippen molar-refractivity contribution in [1.29, 1.82) is 0 Å². The number of aliphatic hydroxyl groups is 1. The topological polar surface area (TPSA) is 23.5 Å². The molecule has 3 heteroatoms. The van der Waals surface area contributed by atoms with Crippen LogP contribution in [0.25, 0.3) is 0 Å². The monoisotopic (exact) mass is 253 g/mol. The first-order valence-corrected chi connectivity index (χ1v) is 6.40. The molecule has 0 aliphatic rings. The number of aliphatic hydroxyl groups excluding tert-OH is 1. The first-order valence-electron chi connectivity index (χ1n) is 6.40. The zero-order valence-corrected chi connectivity index (χ0v) is 11.8. The average Bonchev–Trinajstić information content (AvgIpc) is 2.24. The normalized spacial score (nSPS) is 13.9. The van der Waals surface area contributed by atoms with Gasteiger partial charge in [-0.05, 0) is 36.6 Å². The molecule has 1 aromatic carbocycles. The van der Waals surface area contributed by atoms with Gasteiger partial charge in [0.2, 0.25) is 0 Å². The van der Waals surface area contributed by atoms with E-state index in [-0.39, 0.29) is 17.3 Å². The van der Waals surface area contributed by atoms with Gasteiger partial charge in [-0.3, -0.25) is 0 Å². The lowest BCUT2D eigenvalue weighted by atomic mass is 9.87. The molecular formula is C15H24FNO. The van der Waals surface area contributed by atoms with Gasteiger partial charge >= 0.3 is 0 Å². The van der Waals surface area contributed by atoms with Gasteiger partial charge in [0.1, 0.15) is 5.82 Å². The van der Waals surface area contributed by atoms with Crippen LogP contribution in [0.3, 0.4) is 0 Å². The van der Waals surface area contributed by atoms with Crippen LogP contribution in [0.1, 0.15) is 32.8 Å². The first-order chi connectivity index (χ1) is 8.29. The van der Waals surface area contributed by atoms with E-state index in [4.69, 9.17) is 0 Å². The van der Waals surface area contributed by atoms with E-state index in [0.717, 1.165) is 18.5 Å². The quantitative estimate of drug-likeness (QED) is 0.872. The third-order valence-electron chi connectivity index (χ3n) is 3.13. The van der Waals surface area contributed by atoms with Gasteiger partial charge in [0.05, 0.1) is 6.10 Å². The van der Waals surface area contributed by atoms with E-state index in [2.05, 4.69) is 4.90 Å². The number of nitrogens with zero attached hydrogens (tertiary/aromatic N) is 1. The van der Waals surface area contributed by atoms with Crippen molar-refractivity contribution in [1.82, 2.24) is 4.90 Å². The van der Waals surface area contributed by atoms with Crippen LogP contribution in [-0.4, -0.2) is 29.7 Å². The third kappa shape index (κ3) is 5.15. The molecule has 0 aliphatic carbocycles. The maximum Gasteiger partial charge on any atom is 0.123 e. The Hall–Kier alpha value is -0.930. The third-order valence-corrected chi connectivity index (χ3v) is 3.13. The fourth-order valence-corrected chi connectivity index (χ4v) is 1.80. The molecule has 0 spiro atoms. The van der Waals surface area contributed by atoms with Gasteiger partial charge in [-0.15, -0.1) is 0 Å². The second-order valence-electron chi connectivity index (χ2n) is 6.04. The van der Waals surface area contributed by atoms with Crippen molar-refractivity contribution in [2.24, 2.45) is 5.41 Å². The largest absolute Gasteiger partial charge is 0.393 e. The summed E-state index contributed by atoms with van der Waals surface area (Å²) in [5, 5.41) is 9.96. The molecule has 0 fully saturated rings. The molecule has 2 nitrogen and oxygen atoms in total. The van der Waals surface area contributed by atoms with Crippen LogP contribution in [-0.2, 0) is 6.54 Å². The van der Waals surface area contributed by atoms with Gasteiger partial charge in [-0.1, -0.05) is 32.9 Å². The molecule has 0 aromatic heterocycles. The highest BCUT2D eigenvalue weighted by Crippen LogP contribution is 2.21. The van der Waals surface area contributed by atoms with Crippen LogP contribution in [0.5, 0.6) is 0 Å². The minimum atomic E-state index is -0.313. The summed E-state index contributed by atoms with van der Waals surface area (Å²) >= 11 is 0. The Kier molecular flexibility index (Phi) is 5.29. The summed E-state index contributed by atoms with van der Waals surface area (Å²) in [6.45, 7) is 7.60. The van der Waals surface area contributed by atoms with Crippen molar-refractivity contribution in [3.8, 4) is 0 Å². The number of hydrogen-bond donors (Lipinski definition) is 1. The van der Waals surface area contributed by atoms with Crippen molar-refractivity contribution in [2.45, 2.75) is 39.8 Å². The molecule has 0 saturated heterocycles. The summed E-state index contributed by atoms with van der Waals surface area (Å²) in [7, 11) is 1.99. The molecule has 0 bridgehead atoms.